The number of rotatable bonds is 8. The molecule has 2 unspecified atom stereocenters. The van der Waals surface area contributed by atoms with Crippen LogP contribution in [-0.4, -0.2) is 43.0 Å². The zero-order chi connectivity index (χ0) is 20.5. The monoisotopic (exact) mass is 431 g/mol. The predicted octanol–water partition coefficient (Wildman–Crippen LogP) is 2.93. The van der Waals surface area contributed by atoms with Crippen molar-refractivity contribution in [1.29, 1.82) is 0 Å². The van der Waals surface area contributed by atoms with Crippen molar-refractivity contribution >= 4 is 24.2 Å². The van der Waals surface area contributed by atoms with E-state index in [0.717, 1.165) is 24.2 Å². The van der Waals surface area contributed by atoms with Crippen LogP contribution in [0.5, 0.6) is 5.75 Å². The summed E-state index contributed by atoms with van der Waals surface area (Å²) in [6, 6.07) is 18.9. The van der Waals surface area contributed by atoms with E-state index in [0.29, 0.717) is 32.7 Å². The van der Waals surface area contributed by atoms with E-state index < -0.39 is 0 Å². The Morgan fingerprint density at radius 2 is 1.77 bits per heavy atom. The minimum Gasteiger partial charge on any atom is -0.493 e. The number of halogens is 1. The Bertz CT molecular complexity index is 789. The van der Waals surface area contributed by atoms with Gasteiger partial charge in [-0.3, -0.25) is 9.59 Å². The molecule has 0 aromatic heterocycles. The Morgan fingerprint density at radius 1 is 1.10 bits per heavy atom. The average molecular weight is 432 g/mol. The highest BCUT2D eigenvalue weighted by molar-refractivity contribution is 5.85. The maximum atomic E-state index is 12.6. The molecule has 3 rings (SSSR count). The van der Waals surface area contributed by atoms with Gasteiger partial charge < -0.3 is 20.7 Å². The molecule has 6 nitrogen and oxygen atoms in total. The fraction of sp³-hybridized carbons (Fsp3) is 0.391. The van der Waals surface area contributed by atoms with Crippen molar-refractivity contribution in [2.24, 2.45) is 11.7 Å². The molecule has 0 bridgehead atoms. The summed E-state index contributed by atoms with van der Waals surface area (Å²) in [6.07, 6.45) is 1.92. The lowest BCUT2D eigenvalue weighted by atomic mass is 9.96. The molecule has 2 atom stereocenters. The molecule has 7 heteroatoms. The first-order valence-corrected chi connectivity index (χ1v) is 10.2. The van der Waals surface area contributed by atoms with Gasteiger partial charge in [-0.05, 0) is 30.5 Å². The molecule has 0 aliphatic carbocycles. The Labute approximate surface area is 184 Å². The fourth-order valence-corrected chi connectivity index (χ4v) is 3.52. The van der Waals surface area contributed by atoms with E-state index in [1.54, 1.807) is 4.90 Å². The molecule has 2 amide bonds. The van der Waals surface area contributed by atoms with Gasteiger partial charge in [-0.2, -0.15) is 0 Å². The minimum absolute atomic E-state index is 0. The summed E-state index contributed by atoms with van der Waals surface area (Å²) >= 11 is 0. The quantitative estimate of drug-likeness (QED) is 0.673. The van der Waals surface area contributed by atoms with Crippen molar-refractivity contribution < 1.29 is 14.3 Å². The van der Waals surface area contributed by atoms with Crippen LogP contribution in [0.4, 0.5) is 0 Å². The lowest BCUT2D eigenvalue weighted by Crippen LogP contribution is -2.46. The molecule has 0 spiro atoms. The van der Waals surface area contributed by atoms with Gasteiger partial charge in [0.2, 0.25) is 11.8 Å². The van der Waals surface area contributed by atoms with Crippen LogP contribution in [0.1, 0.15) is 30.9 Å². The van der Waals surface area contributed by atoms with E-state index in [9.17, 15) is 9.59 Å². The zero-order valence-corrected chi connectivity index (χ0v) is 17.9. The van der Waals surface area contributed by atoms with Crippen LogP contribution in [-0.2, 0) is 9.59 Å². The predicted molar refractivity (Wildman–Crippen MR) is 119 cm³/mol. The van der Waals surface area contributed by atoms with Crippen molar-refractivity contribution in [1.82, 2.24) is 10.2 Å². The van der Waals surface area contributed by atoms with Crippen molar-refractivity contribution in [3.8, 4) is 5.75 Å². The Kier molecular flexibility index (Phi) is 9.64. The van der Waals surface area contributed by atoms with Gasteiger partial charge in [0.1, 0.15) is 5.75 Å². The second-order valence-electron chi connectivity index (χ2n) is 7.35. The standard InChI is InChI=1S/C23H29N3O3.ClH/c24-21(18-8-3-1-4-9-18)16-25-23(28)19-10-7-14-26(17-19)22(27)13-15-29-20-11-5-2-6-12-20;/h1-6,8-9,11-12,19,21H,7,10,13-17,24H2,(H,25,28);1H. The number of nitrogens with zero attached hydrogens (tertiary/aromatic N) is 1. The molecule has 1 fully saturated rings. The minimum atomic E-state index is -0.239. The highest BCUT2D eigenvalue weighted by Crippen LogP contribution is 2.18. The summed E-state index contributed by atoms with van der Waals surface area (Å²) in [6.45, 7) is 1.87. The normalized spacial score (nSPS) is 16.8. The fourth-order valence-electron chi connectivity index (χ4n) is 3.52. The number of benzene rings is 2. The van der Waals surface area contributed by atoms with Crippen LogP contribution in [0.2, 0.25) is 0 Å². The number of carbonyl (C=O) groups is 2. The number of hydrogen-bond donors (Lipinski definition) is 2. The molecule has 1 heterocycles. The maximum absolute atomic E-state index is 12.6. The first-order valence-electron chi connectivity index (χ1n) is 10.2. The number of nitrogens with two attached hydrogens (primary N) is 1. The zero-order valence-electron chi connectivity index (χ0n) is 17.0. The molecule has 1 aliphatic rings. The molecule has 1 aliphatic heterocycles. The number of piperidine rings is 1. The SMILES string of the molecule is Cl.NC(CNC(=O)C1CCCN(C(=O)CCOc2ccccc2)C1)c1ccccc1. The summed E-state index contributed by atoms with van der Waals surface area (Å²) in [5.74, 6) is 0.561. The molecule has 30 heavy (non-hydrogen) atoms. The number of likely N-dealkylation sites (tertiary alicyclic amines) is 1. The highest BCUT2D eigenvalue weighted by atomic mass is 35.5. The van der Waals surface area contributed by atoms with Gasteiger partial charge in [-0.25, -0.2) is 0 Å². The number of hydrogen-bond acceptors (Lipinski definition) is 4. The molecule has 1 saturated heterocycles. The third-order valence-corrected chi connectivity index (χ3v) is 5.20. The third kappa shape index (κ3) is 7.04. The number of ether oxygens (including phenoxy) is 1. The van der Waals surface area contributed by atoms with E-state index in [1.165, 1.54) is 0 Å². The number of carbonyl (C=O) groups excluding carboxylic acids is 2. The molecule has 0 saturated carbocycles. The summed E-state index contributed by atoms with van der Waals surface area (Å²) in [5.41, 5.74) is 7.15. The van der Waals surface area contributed by atoms with Gasteiger partial charge in [0.05, 0.1) is 18.9 Å². The molecule has 2 aromatic carbocycles. The van der Waals surface area contributed by atoms with Gasteiger partial charge in [-0.15, -0.1) is 12.4 Å². The van der Waals surface area contributed by atoms with E-state index in [4.69, 9.17) is 10.5 Å². The summed E-state index contributed by atoms with van der Waals surface area (Å²) in [5, 5.41) is 2.95. The van der Waals surface area contributed by atoms with Crippen LogP contribution < -0.4 is 15.8 Å². The summed E-state index contributed by atoms with van der Waals surface area (Å²) in [4.78, 5) is 26.9. The number of para-hydroxylation sites is 1. The van der Waals surface area contributed by atoms with Crippen molar-refractivity contribution in [3.63, 3.8) is 0 Å². The van der Waals surface area contributed by atoms with E-state index in [-0.39, 0.29) is 36.2 Å². The van der Waals surface area contributed by atoms with Crippen LogP contribution in [0, 0.1) is 5.92 Å². The highest BCUT2D eigenvalue weighted by Gasteiger charge is 2.28. The molecular formula is C23H30ClN3O3. The topological polar surface area (TPSA) is 84.7 Å². The molecule has 3 N–H and O–H groups in total. The van der Waals surface area contributed by atoms with Gasteiger partial charge in [0.25, 0.3) is 0 Å². The van der Waals surface area contributed by atoms with Gasteiger partial charge in [0, 0.05) is 25.7 Å². The maximum Gasteiger partial charge on any atom is 0.226 e. The Morgan fingerprint density at radius 3 is 2.47 bits per heavy atom. The molecular weight excluding hydrogens is 402 g/mol. The van der Waals surface area contributed by atoms with Crippen LogP contribution in [0.15, 0.2) is 60.7 Å². The molecule has 162 valence electrons. The number of nitrogens with one attached hydrogen (secondary N) is 1. The average Bonchev–Trinajstić information content (AvgIpc) is 2.78. The van der Waals surface area contributed by atoms with Gasteiger partial charge >= 0.3 is 0 Å². The van der Waals surface area contributed by atoms with E-state index in [2.05, 4.69) is 5.32 Å². The van der Waals surface area contributed by atoms with E-state index in [1.807, 2.05) is 60.7 Å². The van der Waals surface area contributed by atoms with Crippen LogP contribution >= 0.6 is 12.4 Å². The second kappa shape index (κ2) is 12.2. The summed E-state index contributed by atoms with van der Waals surface area (Å²) in [7, 11) is 0. The number of amides is 2. The Balaban J connectivity index is 0.00000320. The van der Waals surface area contributed by atoms with Crippen molar-refractivity contribution in [2.75, 3.05) is 26.2 Å². The first kappa shape index (κ1) is 23.7. The first-order chi connectivity index (χ1) is 14.1. The van der Waals surface area contributed by atoms with Crippen molar-refractivity contribution in [2.45, 2.75) is 25.3 Å². The van der Waals surface area contributed by atoms with Gasteiger partial charge in [0.15, 0.2) is 0 Å². The third-order valence-electron chi connectivity index (χ3n) is 5.20. The van der Waals surface area contributed by atoms with Crippen LogP contribution in [0.3, 0.4) is 0 Å². The summed E-state index contributed by atoms with van der Waals surface area (Å²) < 4.78 is 5.61. The Hall–Kier alpha value is -2.57. The molecule has 0 radical (unpaired) electrons. The lowest BCUT2D eigenvalue weighted by molar-refractivity contribution is -0.136. The van der Waals surface area contributed by atoms with E-state index >= 15 is 0 Å². The van der Waals surface area contributed by atoms with Crippen molar-refractivity contribution in [3.05, 3.63) is 66.2 Å². The van der Waals surface area contributed by atoms with Crippen LogP contribution in [0.25, 0.3) is 0 Å². The smallest absolute Gasteiger partial charge is 0.226 e. The largest absolute Gasteiger partial charge is 0.493 e. The second-order valence-corrected chi connectivity index (χ2v) is 7.35. The lowest BCUT2D eigenvalue weighted by Gasteiger charge is -2.32. The van der Waals surface area contributed by atoms with Gasteiger partial charge in [-0.1, -0.05) is 48.5 Å². The molecule has 2 aromatic rings.